The number of hydrogen-bond acceptors (Lipinski definition) is 6. The Kier molecular flexibility index (Phi) is 6.71. The molecular weight excluding hydrogens is 460 g/mol. The zero-order chi connectivity index (χ0) is 21.0. The second kappa shape index (κ2) is 9.23. The molecular formula is C20H19BrN2O5S. The van der Waals surface area contributed by atoms with Crippen LogP contribution >= 0.6 is 27.3 Å². The number of halogens is 1. The fourth-order valence-electron chi connectivity index (χ4n) is 2.79. The van der Waals surface area contributed by atoms with Crippen molar-refractivity contribution in [3.8, 4) is 11.5 Å². The van der Waals surface area contributed by atoms with Gasteiger partial charge in [0.1, 0.15) is 18.0 Å². The highest BCUT2D eigenvalue weighted by atomic mass is 79.9. The highest BCUT2D eigenvalue weighted by Gasteiger charge is 2.14. The molecule has 0 unspecified atom stereocenters. The number of aromatic nitrogens is 1. The zero-order valence-electron chi connectivity index (χ0n) is 16.1. The van der Waals surface area contributed by atoms with Gasteiger partial charge in [0.2, 0.25) is 0 Å². The molecule has 0 N–H and O–H groups in total. The van der Waals surface area contributed by atoms with E-state index in [4.69, 9.17) is 14.2 Å². The number of nitrogens with zero attached hydrogens (tertiary/aromatic N) is 2. The normalized spacial score (nSPS) is 11.5. The van der Waals surface area contributed by atoms with Gasteiger partial charge in [0.05, 0.1) is 38.0 Å². The minimum absolute atomic E-state index is 0.0316. The average Bonchev–Trinajstić information content (AvgIpc) is 3.03. The maximum atomic E-state index is 12.7. The SMILES string of the molecule is COC(=O)Cn1c(=NC(=O)Cc2ccc(OC)cc2OC)sc2cc(Br)ccc21. The van der Waals surface area contributed by atoms with E-state index in [-0.39, 0.29) is 18.9 Å². The molecule has 0 bridgehead atoms. The Hall–Kier alpha value is -2.65. The Balaban J connectivity index is 1.99. The molecule has 152 valence electrons. The van der Waals surface area contributed by atoms with Gasteiger partial charge in [0.25, 0.3) is 5.91 Å². The van der Waals surface area contributed by atoms with Crippen LogP contribution in [-0.4, -0.2) is 37.8 Å². The van der Waals surface area contributed by atoms with E-state index in [0.717, 1.165) is 14.7 Å². The molecule has 3 aromatic rings. The van der Waals surface area contributed by atoms with Crippen molar-refractivity contribution < 1.29 is 23.8 Å². The molecule has 0 aliphatic rings. The third-order valence-corrected chi connectivity index (χ3v) is 5.75. The number of thiazole rings is 1. The molecule has 0 spiro atoms. The fraction of sp³-hybridized carbons (Fsp3) is 0.250. The van der Waals surface area contributed by atoms with Gasteiger partial charge in [-0.1, -0.05) is 33.3 Å². The van der Waals surface area contributed by atoms with Gasteiger partial charge in [-0.3, -0.25) is 9.59 Å². The van der Waals surface area contributed by atoms with E-state index in [9.17, 15) is 9.59 Å². The first-order chi connectivity index (χ1) is 13.9. The summed E-state index contributed by atoms with van der Waals surface area (Å²) in [6, 6.07) is 10.9. The number of amides is 1. The summed E-state index contributed by atoms with van der Waals surface area (Å²) in [5.74, 6) is 0.424. The summed E-state index contributed by atoms with van der Waals surface area (Å²) in [5.41, 5.74) is 1.50. The number of methoxy groups -OCH3 is 3. The maximum Gasteiger partial charge on any atom is 0.325 e. The van der Waals surface area contributed by atoms with Crippen LogP contribution in [0.4, 0.5) is 0 Å². The van der Waals surface area contributed by atoms with Crippen LogP contribution in [0.1, 0.15) is 5.56 Å². The summed E-state index contributed by atoms with van der Waals surface area (Å²) < 4.78 is 18.8. The van der Waals surface area contributed by atoms with Gasteiger partial charge in [0, 0.05) is 16.1 Å². The topological polar surface area (TPSA) is 79.1 Å². The van der Waals surface area contributed by atoms with Crippen molar-refractivity contribution in [1.29, 1.82) is 0 Å². The third-order valence-electron chi connectivity index (χ3n) is 4.22. The molecule has 3 rings (SSSR count). The zero-order valence-corrected chi connectivity index (χ0v) is 18.5. The number of esters is 1. The second-order valence-corrected chi connectivity index (χ2v) is 7.94. The molecule has 0 fully saturated rings. The lowest BCUT2D eigenvalue weighted by molar-refractivity contribution is -0.141. The number of rotatable bonds is 6. The first-order valence-electron chi connectivity index (χ1n) is 8.59. The van der Waals surface area contributed by atoms with Gasteiger partial charge in [-0.2, -0.15) is 4.99 Å². The van der Waals surface area contributed by atoms with Crippen molar-refractivity contribution in [1.82, 2.24) is 4.57 Å². The third kappa shape index (κ3) is 4.86. The minimum atomic E-state index is -0.418. The smallest absolute Gasteiger partial charge is 0.325 e. The predicted octanol–water partition coefficient (Wildman–Crippen LogP) is 3.33. The van der Waals surface area contributed by atoms with E-state index < -0.39 is 5.97 Å². The number of fused-ring (bicyclic) bond motifs is 1. The maximum absolute atomic E-state index is 12.7. The van der Waals surface area contributed by atoms with Crippen LogP contribution in [-0.2, 0) is 27.3 Å². The van der Waals surface area contributed by atoms with E-state index in [1.807, 2.05) is 18.2 Å². The molecule has 29 heavy (non-hydrogen) atoms. The molecule has 1 amide bonds. The van der Waals surface area contributed by atoms with Crippen molar-refractivity contribution in [2.45, 2.75) is 13.0 Å². The highest BCUT2D eigenvalue weighted by molar-refractivity contribution is 9.10. The van der Waals surface area contributed by atoms with Gasteiger partial charge in [-0.15, -0.1) is 0 Å². The van der Waals surface area contributed by atoms with Crippen LogP contribution in [0, 0.1) is 0 Å². The number of carbonyl (C=O) groups excluding carboxylic acids is 2. The number of ether oxygens (including phenoxy) is 3. The molecule has 1 heterocycles. The van der Waals surface area contributed by atoms with E-state index in [0.29, 0.717) is 21.9 Å². The standard InChI is InChI=1S/C20H19BrN2O5S/c1-26-14-6-4-12(16(10-14)27-2)8-18(24)22-20-23(11-19(25)28-3)15-7-5-13(21)9-17(15)29-20/h4-7,9-10H,8,11H2,1-3H3. The van der Waals surface area contributed by atoms with Crippen molar-refractivity contribution in [3.05, 3.63) is 51.2 Å². The Morgan fingerprint density at radius 1 is 1.10 bits per heavy atom. The van der Waals surface area contributed by atoms with Crippen molar-refractivity contribution in [3.63, 3.8) is 0 Å². The predicted molar refractivity (Wildman–Crippen MR) is 113 cm³/mol. The van der Waals surface area contributed by atoms with Gasteiger partial charge in [-0.05, 0) is 24.3 Å². The van der Waals surface area contributed by atoms with Crippen LogP contribution in [0.2, 0.25) is 0 Å². The van der Waals surface area contributed by atoms with Crippen molar-refractivity contribution >= 4 is 49.4 Å². The summed E-state index contributed by atoms with van der Waals surface area (Å²) in [6.07, 6.45) is 0.0589. The lowest BCUT2D eigenvalue weighted by atomic mass is 10.1. The van der Waals surface area contributed by atoms with Crippen molar-refractivity contribution in [2.24, 2.45) is 4.99 Å². The highest BCUT2D eigenvalue weighted by Crippen LogP contribution is 2.25. The average molecular weight is 479 g/mol. The Labute approximate surface area is 179 Å². The fourth-order valence-corrected chi connectivity index (χ4v) is 4.38. The first-order valence-corrected chi connectivity index (χ1v) is 10.2. The summed E-state index contributed by atoms with van der Waals surface area (Å²) in [6.45, 7) is -0.0316. The Morgan fingerprint density at radius 3 is 2.59 bits per heavy atom. The van der Waals surface area contributed by atoms with E-state index in [1.165, 1.54) is 25.6 Å². The van der Waals surface area contributed by atoms with Gasteiger partial charge in [0.15, 0.2) is 4.80 Å². The lowest BCUT2D eigenvalue weighted by Crippen LogP contribution is -2.22. The Bertz CT molecular complexity index is 1140. The van der Waals surface area contributed by atoms with Crippen molar-refractivity contribution in [2.75, 3.05) is 21.3 Å². The molecule has 9 heteroatoms. The quantitative estimate of drug-likeness (QED) is 0.507. The molecule has 0 aliphatic heterocycles. The molecule has 7 nitrogen and oxygen atoms in total. The molecule has 0 radical (unpaired) electrons. The van der Waals surface area contributed by atoms with Crippen LogP contribution in [0.25, 0.3) is 10.2 Å². The van der Waals surface area contributed by atoms with E-state index in [1.54, 1.807) is 29.9 Å². The molecule has 0 atom stereocenters. The monoisotopic (exact) mass is 478 g/mol. The second-order valence-electron chi connectivity index (χ2n) is 6.02. The van der Waals surface area contributed by atoms with Gasteiger partial charge < -0.3 is 18.8 Å². The number of benzene rings is 2. The van der Waals surface area contributed by atoms with Crippen LogP contribution in [0.5, 0.6) is 11.5 Å². The van der Waals surface area contributed by atoms with E-state index >= 15 is 0 Å². The van der Waals surface area contributed by atoms with Crippen LogP contribution < -0.4 is 14.3 Å². The van der Waals surface area contributed by atoms with Gasteiger partial charge in [-0.25, -0.2) is 0 Å². The minimum Gasteiger partial charge on any atom is -0.497 e. The molecule has 0 aliphatic carbocycles. The first kappa shape index (κ1) is 21.1. The summed E-state index contributed by atoms with van der Waals surface area (Å²) >= 11 is 4.77. The summed E-state index contributed by atoms with van der Waals surface area (Å²) in [5, 5.41) is 0. The Morgan fingerprint density at radius 2 is 1.90 bits per heavy atom. The lowest BCUT2D eigenvalue weighted by Gasteiger charge is -2.08. The van der Waals surface area contributed by atoms with E-state index in [2.05, 4.69) is 20.9 Å². The number of hydrogen-bond donors (Lipinski definition) is 0. The number of carbonyl (C=O) groups is 2. The van der Waals surface area contributed by atoms with Crippen LogP contribution in [0.15, 0.2) is 45.9 Å². The summed E-state index contributed by atoms with van der Waals surface area (Å²) in [7, 11) is 4.43. The van der Waals surface area contributed by atoms with Gasteiger partial charge >= 0.3 is 5.97 Å². The molecule has 2 aromatic carbocycles. The largest absolute Gasteiger partial charge is 0.497 e. The van der Waals surface area contributed by atoms with Crippen LogP contribution in [0.3, 0.4) is 0 Å². The molecule has 0 saturated carbocycles. The molecule has 1 aromatic heterocycles. The summed E-state index contributed by atoms with van der Waals surface area (Å²) in [4.78, 5) is 29.2. The molecule has 0 saturated heterocycles.